The Balaban J connectivity index is 1.87. The van der Waals surface area contributed by atoms with Crippen LogP contribution in [0.5, 0.6) is 0 Å². The molecular weight excluding hydrogens is 319 g/mol. The molecule has 3 N–H and O–H groups in total. The minimum absolute atomic E-state index is 0.129. The van der Waals surface area contributed by atoms with Crippen LogP contribution in [0.15, 0.2) is 28.6 Å². The normalized spacial score (nSPS) is 10.1. The molecule has 0 fully saturated rings. The van der Waals surface area contributed by atoms with Gasteiger partial charge in [-0.2, -0.15) is 0 Å². The van der Waals surface area contributed by atoms with Crippen molar-refractivity contribution in [3.63, 3.8) is 0 Å². The van der Waals surface area contributed by atoms with Crippen molar-refractivity contribution in [1.29, 1.82) is 0 Å². The van der Waals surface area contributed by atoms with Gasteiger partial charge >= 0.3 is 12.0 Å². The standard InChI is InChI=1S/C11H9FN4O3S2/c12-6-1-3-7(4-2-6)13-9(19)14-10-15-16-11(21-10)20-5-8(17)18/h1-4H,5H2,(H,17,18)(H2,13,14,15,19). The van der Waals surface area contributed by atoms with Crippen molar-refractivity contribution in [1.82, 2.24) is 10.2 Å². The molecule has 110 valence electrons. The number of benzene rings is 1. The molecule has 0 bridgehead atoms. The van der Waals surface area contributed by atoms with E-state index in [1.54, 1.807) is 0 Å². The largest absolute Gasteiger partial charge is 0.481 e. The average Bonchev–Trinajstić information content (AvgIpc) is 2.86. The number of carboxylic acid groups (broad SMARTS) is 1. The Morgan fingerprint density at radius 2 is 1.95 bits per heavy atom. The van der Waals surface area contributed by atoms with Gasteiger partial charge < -0.3 is 10.4 Å². The fourth-order valence-corrected chi connectivity index (χ4v) is 2.70. The van der Waals surface area contributed by atoms with E-state index in [-0.39, 0.29) is 10.9 Å². The van der Waals surface area contributed by atoms with Crippen molar-refractivity contribution in [3.8, 4) is 0 Å². The Morgan fingerprint density at radius 1 is 1.24 bits per heavy atom. The quantitative estimate of drug-likeness (QED) is 0.575. The lowest BCUT2D eigenvalue weighted by atomic mass is 10.3. The van der Waals surface area contributed by atoms with Crippen LogP contribution in [0.2, 0.25) is 0 Å². The van der Waals surface area contributed by atoms with Gasteiger partial charge in [0.2, 0.25) is 5.13 Å². The molecule has 21 heavy (non-hydrogen) atoms. The summed E-state index contributed by atoms with van der Waals surface area (Å²) >= 11 is 2.08. The second-order valence-electron chi connectivity index (χ2n) is 3.64. The van der Waals surface area contributed by atoms with Crippen LogP contribution < -0.4 is 10.6 Å². The molecule has 0 unspecified atom stereocenters. The number of aliphatic carboxylic acids is 1. The molecule has 1 aromatic carbocycles. The van der Waals surface area contributed by atoms with E-state index in [1.807, 2.05) is 0 Å². The van der Waals surface area contributed by atoms with Gasteiger partial charge in [-0.3, -0.25) is 10.1 Å². The Hall–Kier alpha value is -2.20. The Kier molecular flexibility index (Phi) is 5.06. The summed E-state index contributed by atoms with van der Waals surface area (Å²) in [5, 5.41) is 21.2. The minimum atomic E-state index is -0.959. The zero-order valence-electron chi connectivity index (χ0n) is 10.4. The second-order valence-corrected chi connectivity index (χ2v) is 5.84. The zero-order valence-corrected chi connectivity index (χ0v) is 12.0. The number of urea groups is 1. The van der Waals surface area contributed by atoms with Crippen LogP contribution in [0, 0.1) is 5.82 Å². The second kappa shape index (κ2) is 6.99. The van der Waals surface area contributed by atoms with Crippen molar-refractivity contribution in [2.24, 2.45) is 0 Å². The molecule has 0 spiro atoms. The molecule has 0 atom stereocenters. The third kappa shape index (κ3) is 5.00. The van der Waals surface area contributed by atoms with Crippen molar-refractivity contribution in [3.05, 3.63) is 30.1 Å². The number of rotatable bonds is 5. The molecule has 0 aliphatic rings. The third-order valence-electron chi connectivity index (χ3n) is 2.05. The first kappa shape index (κ1) is 15.2. The topological polar surface area (TPSA) is 104 Å². The predicted octanol–water partition coefficient (Wildman–Crippen LogP) is 2.50. The van der Waals surface area contributed by atoms with Gasteiger partial charge in [-0.15, -0.1) is 10.2 Å². The Labute approximate surface area is 126 Å². The lowest BCUT2D eigenvalue weighted by Crippen LogP contribution is -2.19. The molecule has 2 aromatic rings. The number of anilines is 2. The van der Waals surface area contributed by atoms with Gasteiger partial charge in [0.15, 0.2) is 4.34 Å². The fraction of sp³-hybridized carbons (Fsp3) is 0.0909. The maximum Gasteiger partial charge on any atom is 0.325 e. The SMILES string of the molecule is O=C(O)CSc1nnc(NC(=O)Nc2ccc(F)cc2)s1. The van der Waals surface area contributed by atoms with E-state index in [4.69, 9.17) is 5.11 Å². The van der Waals surface area contributed by atoms with E-state index in [0.29, 0.717) is 10.0 Å². The molecule has 0 radical (unpaired) electrons. The first-order chi connectivity index (χ1) is 10.0. The number of thioether (sulfide) groups is 1. The number of halogens is 1. The number of hydrogen-bond donors (Lipinski definition) is 3. The molecule has 2 amide bonds. The van der Waals surface area contributed by atoms with Crippen LogP contribution in [0.4, 0.5) is 20.0 Å². The van der Waals surface area contributed by atoms with Gasteiger partial charge in [0.05, 0.1) is 5.75 Å². The highest BCUT2D eigenvalue weighted by Crippen LogP contribution is 2.25. The van der Waals surface area contributed by atoms with Crippen molar-refractivity contribution < 1.29 is 19.1 Å². The first-order valence-corrected chi connectivity index (χ1v) is 7.35. The predicted molar refractivity (Wildman–Crippen MR) is 77.3 cm³/mol. The van der Waals surface area contributed by atoms with Crippen LogP contribution in [0.1, 0.15) is 0 Å². The Morgan fingerprint density at radius 3 is 2.62 bits per heavy atom. The van der Waals surface area contributed by atoms with Crippen molar-refractivity contribution in [2.75, 3.05) is 16.4 Å². The van der Waals surface area contributed by atoms with Gasteiger partial charge in [0.25, 0.3) is 0 Å². The summed E-state index contributed by atoms with van der Waals surface area (Å²) in [7, 11) is 0. The van der Waals surface area contributed by atoms with E-state index in [1.165, 1.54) is 24.3 Å². The van der Waals surface area contributed by atoms with Crippen LogP contribution in [-0.2, 0) is 4.79 Å². The van der Waals surface area contributed by atoms with Gasteiger partial charge in [0.1, 0.15) is 5.82 Å². The lowest BCUT2D eigenvalue weighted by Gasteiger charge is -2.04. The summed E-state index contributed by atoms with van der Waals surface area (Å²) in [6.45, 7) is 0. The van der Waals surface area contributed by atoms with E-state index in [0.717, 1.165) is 23.1 Å². The summed E-state index contributed by atoms with van der Waals surface area (Å²) in [4.78, 5) is 22.1. The summed E-state index contributed by atoms with van der Waals surface area (Å²) in [5.41, 5.74) is 0.430. The van der Waals surface area contributed by atoms with Crippen LogP contribution in [0.25, 0.3) is 0 Å². The molecular formula is C11H9FN4O3S2. The maximum absolute atomic E-state index is 12.7. The summed E-state index contributed by atoms with van der Waals surface area (Å²) in [6.07, 6.45) is 0. The summed E-state index contributed by atoms with van der Waals surface area (Å²) < 4.78 is 13.2. The monoisotopic (exact) mass is 328 g/mol. The molecule has 10 heteroatoms. The average molecular weight is 328 g/mol. The number of carbonyl (C=O) groups is 2. The molecule has 7 nitrogen and oxygen atoms in total. The van der Waals surface area contributed by atoms with Crippen molar-refractivity contribution >= 4 is 45.9 Å². The van der Waals surface area contributed by atoms with E-state index >= 15 is 0 Å². The Bertz CT molecular complexity index is 647. The van der Waals surface area contributed by atoms with Gasteiger partial charge in [0, 0.05) is 5.69 Å². The molecule has 0 aliphatic carbocycles. The van der Waals surface area contributed by atoms with Crippen LogP contribution >= 0.6 is 23.1 Å². The highest BCUT2D eigenvalue weighted by Gasteiger charge is 2.10. The third-order valence-corrected chi connectivity index (χ3v) is 4.00. The molecule has 0 saturated heterocycles. The number of hydrogen-bond acceptors (Lipinski definition) is 6. The fourth-order valence-electron chi connectivity index (χ4n) is 1.23. The highest BCUT2D eigenvalue weighted by atomic mass is 32.2. The smallest absolute Gasteiger partial charge is 0.325 e. The van der Waals surface area contributed by atoms with E-state index < -0.39 is 17.8 Å². The molecule has 0 aliphatic heterocycles. The van der Waals surface area contributed by atoms with Gasteiger partial charge in [-0.1, -0.05) is 23.1 Å². The maximum atomic E-state index is 12.7. The highest BCUT2D eigenvalue weighted by molar-refractivity contribution is 8.01. The number of nitrogens with zero attached hydrogens (tertiary/aromatic N) is 2. The van der Waals surface area contributed by atoms with Gasteiger partial charge in [-0.25, -0.2) is 9.18 Å². The molecule has 1 heterocycles. The number of amides is 2. The van der Waals surface area contributed by atoms with Crippen molar-refractivity contribution in [2.45, 2.75) is 4.34 Å². The van der Waals surface area contributed by atoms with Gasteiger partial charge in [-0.05, 0) is 24.3 Å². The first-order valence-electron chi connectivity index (χ1n) is 5.54. The number of carbonyl (C=O) groups excluding carboxylic acids is 1. The van der Waals surface area contributed by atoms with E-state index in [2.05, 4.69) is 20.8 Å². The van der Waals surface area contributed by atoms with Crippen LogP contribution in [0.3, 0.4) is 0 Å². The molecule has 0 saturated carbocycles. The molecule has 2 rings (SSSR count). The lowest BCUT2D eigenvalue weighted by molar-refractivity contribution is -0.133. The number of aromatic nitrogens is 2. The number of carboxylic acids is 1. The zero-order chi connectivity index (χ0) is 15.2. The van der Waals surface area contributed by atoms with E-state index in [9.17, 15) is 14.0 Å². The van der Waals surface area contributed by atoms with Crippen LogP contribution in [-0.4, -0.2) is 33.1 Å². The number of nitrogens with one attached hydrogen (secondary N) is 2. The summed E-state index contributed by atoms with van der Waals surface area (Å²) in [6, 6.07) is 4.74. The minimum Gasteiger partial charge on any atom is -0.481 e. The molecule has 1 aromatic heterocycles. The summed E-state index contributed by atoms with van der Waals surface area (Å²) in [5.74, 6) is -1.49.